The minimum absolute atomic E-state index is 0.0817. The highest BCUT2D eigenvalue weighted by atomic mass is 17.3. The lowest BCUT2D eigenvalue weighted by Gasteiger charge is -1.95. The Hall–Kier alpha value is -0.200. The SMILES string of the molecule is NNOOCCO. The van der Waals surface area contributed by atoms with Crippen LogP contribution in [0.2, 0.25) is 0 Å². The minimum atomic E-state index is -0.0817. The summed E-state index contributed by atoms with van der Waals surface area (Å²) in [7, 11) is 0. The van der Waals surface area contributed by atoms with Crippen LogP contribution < -0.4 is 11.4 Å². The van der Waals surface area contributed by atoms with E-state index in [4.69, 9.17) is 5.11 Å². The fraction of sp³-hybridized carbons (Fsp3) is 1.00. The van der Waals surface area contributed by atoms with Crippen LogP contribution in [0.1, 0.15) is 0 Å². The lowest BCUT2D eigenvalue weighted by Crippen LogP contribution is -2.23. The van der Waals surface area contributed by atoms with Gasteiger partial charge in [0.1, 0.15) is 6.61 Å². The number of rotatable bonds is 4. The lowest BCUT2D eigenvalue weighted by molar-refractivity contribution is -0.339. The molecule has 0 aliphatic carbocycles. The Morgan fingerprint density at radius 1 is 1.71 bits per heavy atom. The molecule has 0 saturated carbocycles. The van der Waals surface area contributed by atoms with Crippen LogP contribution in [0.3, 0.4) is 0 Å². The first-order valence-electron chi connectivity index (χ1n) is 1.76. The molecule has 0 fully saturated rings. The summed E-state index contributed by atoms with van der Waals surface area (Å²) in [5.74, 6) is 4.59. The minimum Gasteiger partial charge on any atom is -0.394 e. The molecule has 0 rings (SSSR count). The van der Waals surface area contributed by atoms with Crippen LogP contribution in [0.5, 0.6) is 0 Å². The Morgan fingerprint density at radius 3 is 2.86 bits per heavy atom. The molecule has 5 nitrogen and oxygen atoms in total. The molecule has 44 valence electrons. The molecular weight excluding hydrogens is 100 g/mol. The second-order valence-electron chi connectivity index (χ2n) is 0.747. The number of hydrazine groups is 1. The highest BCUT2D eigenvalue weighted by Crippen LogP contribution is 1.66. The second-order valence-corrected chi connectivity index (χ2v) is 0.747. The molecule has 0 aromatic rings. The summed E-state index contributed by atoms with van der Waals surface area (Å²) in [4.78, 5) is 8.09. The molecule has 7 heavy (non-hydrogen) atoms. The summed E-state index contributed by atoms with van der Waals surface area (Å²) in [6.45, 7) is 0.0336. The van der Waals surface area contributed by atoms with Crippen molar-refractivity contribution in [2.24, 2.45) is 5.84 Å². The largest absolute Gasteiger partial charge is 0.394 e. The quantitative estimate of drug-likeness (QED) is 0.173. The average molecular weight is 108 g/mol. The van der Waals surface area contributed by atoms with Crippen LogP contribution in [0, 0.1) is 0 Å². The molecule has 0 aliphatic rings. The third kappa shape index (κ3) is 5.80. The maximum absolute atomic E-state index is 8.02. The highest BCUT2D eigenvalue weighted by Gasteiger charge is 1.78. The van der Waals surface area contributed by atoms with Crippen LogP contribution in [0.15, 0.2) is 0 Å². The predicted octanol–water partition coefficient (Wildman–Crippen LogP) is -1.69. The zero-order valence-corrected chi connectivity index (χ0v) is 3.76. The van der Waals surface area contributed by atoms with Gasteiger partial charge in [0.05, 0.1) is 6.61 Å². The molecule has 0 amide bonds. The number of aliphatic hydroxyl groups excluding tert-OH is 1. The fourth-order valence-corrected chi connectivity index (χ4v) is 0.113. The van der Waals surface area contributed by atoms with Crippen LogP contribution in [-0.2, 0) is 9.88 Å². The van der Waals surface area contributed by atoms with Gasteiger partial charge in [-0.05, 0) is 0 Å². The molecule has 4 N–H and O–H groups in total. The third-order valence-corrected chi connectivity index (χ3v) is 0.282. The maximum Gasteiger partial charge on any atom is 0.107 e. The van der Waals surface area contributed by atoms with Crippen molar-refractivity contribution in [2.75, 3.05) is 13.2 Å². The molecule has 0 bridgehead atoms. The van der Waals surface area contributed by atoms with Crippen molar-refractivity contribution in [3.05, 3.63) is 0 Å². The van der Waals surface area contributed by atoms with Gasteiger partial charge in [0.25, 0.3) is 0 Å². The Kier molecular flexibility index (Phi) is 5.63. The van der Waals surface area contributed by atoms with Gasteiger partial charge in [0.2, 0.25) is 0 Å². The highest BCUT2D eigenvalue weighted by molar-refractivity contribution is 4.10. The molecule has 0 atom stereocenters. The lowest BCUT2D eigenvalue weighted by atomic mass is 10.8. The van der Waals surface area contributed by atoms with Crippen molar-refractivity contribution in [3.63, 3.8) is 0 Å². The third-order valence-electron chi connectivity index (χ3n) is 0.282. The maximum atomic E-state index is 8.02. The molecule has 0 unspecified atom stereocenters. The molecule has 0 radical (unpaired) electrons. The molecule has 0 spiro atoms. The van der Waals surface area contributed by atoms with Crippen LogP contribution >= 0.6 is 0 Å². The Morgan fingerprint density at radius 2 is 2.43 bits per heavy atom. The van der Waals surface area contributed by atoms with Crippen molar-refractivity contribution in [1.82, 2.24) is 5.59 Å². The average Bonchev–Trinajstić information content (AvgIpc) is 1.69. The first-order chi connectivity index (χ1) is 3.41. The molecule has 0 aliphatic heterocycles. The standard InChI is InChI=1S/C2H8N2O3/c3-4-7-6-2-1-5/h4-5H,1-3H2. The van der Waals surface area contributed by atoms with E-state index in [2.05, 4.69) is 15.7 Å². The number of aliphatic hydroxyl groups is 1. The van der Waals surface area contributed by atoms with Gasteiger partial charge in [0.15, 0.2) is 0 Å². The molecule has 0 saturated heterocycles. The normalized spacial score (nSPS) is 9.43. The summed E-state index contributed by atoms with van der Waals surface area (Å²) in [6.07, 6.45) is 0. The second kappa shape index (κ2) is 5.80. The van der Waals surface area contributed by atoms with E-state index in [-0.39, 0.29) is 13.2 Å². The van der Waals surface area contributed by atoms with Gasteiger partial charge in [-0.25, -0.2) is 10.7 Å². The summed E-state index contributed by atoms with van der Waals surface area (Å²) < 4.78 is 0. The first kappa shape index (κ1) is 6.80. The van der Waals surface area contributed by atoms with Crippen molar-refractivity contribution < 1.29 is 15.0 Å². The Bertz CT molecular complexity index is 30.1. The number of hydrogen-bond donors (Lipinski definition) is 3. The van der Waals surface area contributed by atoms with Gasteiger partial charge in [-0.3, -0.25) is 0 Å². The van der Waals surface area contributed by atoms with E-state index in [0.717, 1.165) is 0 Å². The topological polar surface area (TPSA) is 76.7 Å². The van der Waals surface area contributed by atoms with E-state index in [0.29, 0.717) is 0 Å². The zero-order chi connectivity index (χ0) is 5.54. The predicted molar refractivity (Wildman–Crippen MR) is 21.4 cm³/mol. The van der Waals surface area contributed by atoms with Crippen molar-refractivity contribution in [1.29, 1.82) is 0 Å². The number of nitrogens with one attached hydrogen (secondary N) is 1. The van der Waals surface area contributed by atoms with Crippen LogP contribution in [0.4, 0.5) is 0 Å². The molecule has 0 aromatic carbocycles. The molecular formula is C2H8N2O3. The Balaban J connectivity index is 2.45. The van der Waals surface area contributed by atoms with Crippen molar-refractivity contribution in [3.8, 4) is 0 Å². The van der Waals surface area contributed by atoms with Gasteiger partial charge < -0.3 is 5.11 Å². The van der Waals surface area contributed by atoms with E-state index >= 15 is 0 Å². The molecule has 0 aromatic heterocycles. The van der Waals surface area contributed by atoms with Gasteiger partial charge in [-0.2, -0.15) is 0 Å². The van der Waals surface area contributed by atoms with E-state index in [9.17, 15) is 0 Å². The van der Waals surface area contributed by atoms with Gasteiger partial charge in [-0.1, -0.05) is 0 Å². The zero-order valence-electron chi connectivity index (χ0n) is 3.76. The Labute approximate surface area is 40.9 Å². The van der Waals surface area contributed by atoms with Crippen molar-refractivity contribution in [2.45, 2.75) is 0 Å². The van der Waals surface area contributed by atoms with Gasteiger partial charge >= 0.3 is 0 Å². The smallest absolute Gasteiger partial charge is 0.107 e. The van der Waals surface area contributed by atoms with E-state index in [1.807, 2.05) is 0 Å². The summed E-state index contributed by atoms with van der Waals surface area (Å²) in [6, 6.07) is 0. The summed E-state index contributed by atoms with van der Waals surface area (Å²) in [5.41, 5.74) is 1.77. The molecule has 5 heteroatoms. The first-order valence-corrected chi connectivity index (χ1v) is 1.76. The van der Waals surface area contributed by atoms with Crippen LogP contribution in [0.25, 0.3) is 0 Å². The fourth-order valence-electron chi connectivity index (χ4n) is 0.113. The monoisotopic (exact) mass is 108 g/mol. The number of hydrogen-bond acceptors (Lipinski definition) is 5. The summed E-state index contributed by atoms with van der Waals surface area (Å²) >= 11 is 0. The van der Waals surface area contributed by atoms with Crippen molar-refractivity contribution >= 4 is 0 Å². The van der Waals surface area contributed by atoms with E-state index in [1.165, 1.54) is 0 Å². The molecule has 0 heterocycles. The summed E-state index contributed by atoms with van der Waals surface area (Å²) in [5, 5.41) is 8.02. The van der Waals surface area contributed by atoms with E-state index < -0.39 is 0 Å². The number of nitrogens with two attached hydrogens (primary N) is 1. The van der Waals surface area contributed by atoms with Gasteiger partial charge in [-0.15, -0.1) is 10.6 Å². The van der Waals surface area contributed by atoms with Gasteiger partial charge in [0, 0.05) is 0 Å². The van der Waals surface area contributed by atoms with E-state index in [1.54, 1.807) is 5.59 Å². The van der Waals surface area contributed by atoms with Crippen LogP contribution in [-0.4, -0.2) is 18.3 Å².